The van der Waals surface area contributed by atoms with E-state index in [-0.39, 0.29) is 17.9 Å². The van der Waals surface area contributed by atoms with Gasteiger partial charge < -0.3 is 10.4 Å². The zero-order valence-electron chi connectivity index (χ0n) is 9.95. The smallest absolute Gasteiger partial charge is 0.223 e. The third-order valence-corrected chi connectivity index (χ3v) is 4.13. The molecule has 2 rings (SSSR count). The molecule has 3 heteroatoms. The molecular weight excluding hydrogens is 202 g/mol. The Labute approximate surface area is 97.6 Å². The Kier molecular flexibility index (Phi) is 4.22. The van der Waals surface area contributed by atoms with Crippen LogP contribution in [-0.2, 0) is 4.79 Å². The Morgan fingerprint density at radius 3 is 2.44 bits per heavy atom. The van der Waals surface area contributed by atoms with Gasteiger partial charge in [-0.1, -0.05) is 25.7 Å². The summed E-state index contributed by atoms with van der Waals surface area (Å²) in [6.07, 6.45) is 8.67. The topological polar surface area (TPSA) is 49.3 Å². The van der Waals surface area contributed by atoms with Crippen LogP contribution in [0.25, 0.3) is 0 Å². The number of carbonyl (C=O) groups excluding carboxylic acids is 1. The van der Waals surface area contributed by atoms with Crippen LogP contribution >= 0.6 is 0 Å². The van der Waals surface area contributed by atoms with E-state index in [1.807, 2.05) is 0 Å². The molecule has 0 radical (unpaired) electrons. The van der Waals surface area contributed by atoms with Gasteiger partial charge in [0.25, 0.3) is 0 Å². The van der Waals surface area contributed by atoms with Crippen LogP contribution in [-0.4, -0.2) is 23.7 Å². The second-order valence-electron chi connectivity index (χ2n) is 5.34. The molecule has 2 fully saturated rings. The van der Waals surface area contributed by atoms with E-state index in [0.717, 1.165) is 32.1 Å². The fraction of sp³-hybridized carbons (Fsp3) is 0.923. The van der Waals surface area contributed by atoms with Crippen molar-refractivity contribution in [1.82, 2.24) is 5.32 Å². The van der Waals surface area contributed by atoms with Crippen molar-refractivity contribution >= 4 is 5.91 Å². The quantitative estimate of drug-likeness (QED) is 0.770. The number of amides is 1. The van der Waals surface area contributed by atoms with Crippen LogP contribution in [0.4, 0.5) is 0 Å². The molecule has 0 spiro atoms. The van der Waals surface area contributed by atoms with E-state index in [9.17, 15) is 9.90 Å². The molecule has 92 valence electrons. The highest BCUT2D eigenvalue weighted by molar-refractivity contribution is 5.78. The molecule has 3 nitrogen and oxygen atoms in total. The highest BCUT2D eigenvalue weighted by Gasteiger charge is 2.27. The summed E-state index contributed by atoms with van der Waals surface area (Å²) in [5, 5.41) is 12.7. The predicted molar refractivity (Wildman–Crippen MR) is 62.9 cm³/mol. The third kappa shape index (κ3) is 2.97. The fourth-order valence-corrected chi connectivity index (χ4v) is 3.00. The molecule has 0 aromatic carbocycles. The average molecular weight is 225 g/mol. The fourth-order valence-electron chi connectivity index (χ4n) is 3.00. The summed E-state index contributed by atoms with van der Waals surface area (Å²) in [5.41, 5.74) is 0. The van der Waals surface area contributed by atoms with Gasteiger partial charge in [-0.2, -0.15) is 0 Å². The van der Waals surface area contributed by atoms with E-state index in [2.05, 4.69) is 5.32 Å². The number of nitrogens with one attached hydrogen (secondary N) is 1. The van der Waals surface area contributed by atoms with Gasteiger partial charge in [0.1, 0.15) is 0 Å². The molecule has 0 saturated heterocycles. The molecule has 0 aromatic heterocycles. The van der Waals surface area contributed by atoms with Crippen LogP contribution < -0.4 is 5.32 Å². The molecule has 2 aliphatic carbocycles. The minimum absolute atomic E-state index is 0.188. The molecule has 0 aliphatic heterocycles. The van der Waals surface area contributed by atoms with Crippen molar-refractivity contribution < 1.29 is 9.90 Å². The van der Waals surface area contributed by atoms with Gasteiger partial charge in [-0.15, -0.1) is 0 Å². The lowest BCUT2D eigenvalue weighted by Crippen LogP contribution is -2.37. The molecular formula is C13H23NO2. The van der Waals surface area contributed by atoms with Crippen molar-refractivity contribution in [2.24, 2.45) is 11.8 Å². The van der Waals surface area contributed by atoms with Gasteiger partial charge in [0.15, 0.2) is 0 Å². The number of rotatable bonds is 3. The van der Waals surface area contributed by atoms with Crippen LogP contribution in [0.15, 0.2) is 0 Å². The Morgan fingerprint density at radius 1 is 1.06 bits per heavy atom. The summed E-state index contributed by atoms with van der Waals surface area (Å²) in [5.74, 6) is 0.763. The van der Waals surface area contributed by atoms with Gasteiger partial charge >= 0.3 is 0 Å². The number of hydrogen-bond donors (Lipinski definition) is 2. The lowest BCUT2D eigenvalue weighted by molar-refractivity contribution is -0.126. The monoisotopic (exact) mass is 225 g/mol. The summed E-state index contributed by atoms with van der Waals surface area (Å²) in [4.78, 5) is 11.9. The highest BCUT2D eigenvalue weighted by atomic mass is 16.3. The predicted octanol–water partition coefficient (Wildman–Crippen LogP) is 1.84. The summed E-state index contributed by atoms with van der Waals surface area (Å²) in [6, 6.07) is 0. The third-order valence-electron chi connectivity index (χ3n) is 4.13. The van der Waals surface area contributed by atoms with Gasteiger partial charge in [0.2, 0.25) is 5.91 Å². The van der Waals surface area contributed by atoms with Crippen LogP contribution in [0, 0.1) is 11.8 Å². The van der Waals surface area contributed by atoms with Crippen molar-refractivity contribution in [3.8, 4) is 0 Å². The molecule has 1 amide bonds. The normalized spacial score (nSPS) is 31.6. The van der Waals surface area contributed by atoms with E-state index >= 15 is 0 Å². The SMILES string of the molecule is O=C(NCC1CCCC1O)C1CCCCC1. The van der Waals surface area contributed by atoms with Gasteiger partial charge in [-0.05, 0) is 25.7 Å². The second-order valence-corrected chi connectivity index (χ2v) is 5.34. The van der Waals surface area contributed by atoms with Crippen molar-refractivity contribution in [3.05, 3.63) is 0 Å². The second kappa shape index (κ2) is 5.67. The summed E-state index contributed by atoms with van der Waals surface area (Å²) in [7, 11) is 0. The number of aliphatic hydroxyl groups excluding tert-OH is 1. The standard InChI is InChI=1S/C13H23NO2/c15-12-8-4-7-11(12)9-14-13(16)10-5-2-1-3-6-10/h10-12,15H,1-9H2,(H,14,16). The molecule has 2 saturated carbocycles. The van der Waals surface area contributed by atoms with Crippen LogP contribution in [0.3, 0.4) is 0 Å². The van der Waals surface area contributed by atoms with E-state index in [1.54, 1.807) is 0 Å². The van der Waals surface area contributed by atoms with Gasteiger partial charge in [0, 0.05) is 18.4 Å². The van der Waals surface area contributed by atoms with Crippen LogP contribution in [0.2, 0.25) is 0 Å². The molecule has 16 heavy (non-hydrogen) atoms. The number of hydrogen-bond acceptors (Lipinski definition) is 2. The maximum absolute atomic E-state index is 11.9. The van der Waals surface area contributed by atoms with Gasteiger partial charge in [0.05, 0.1) is 6.10 Å². The molecule has 0 bridgehead atoms. The Hall–Kier alpha value is -0.570. The molecule has 2 aliphatic rings. The zero-order chi connectivity index (χ0) is 11.4. The number of aliphatic hydroxyl groups is 1. The summed E-state index contributed by atoms with van der Waals surface area (Å²) < 4.78 is 0. The maximum atomic E-state index is 11.9. The highest BCUT2D eigenvalue weighted by Crippen LogP contribution is 2.26. The lowest BCUT2D eigenvalue weighted by Gasteiger charge is -2.22. The van der Waals surface area contributed by atoms with Crippen molar-refractivity contribution in [1.29, 1.82) is 0 Å². The lowest BCUT2D eigenvalue weighted by atomic mass is 9.88. The first kappa shape index (κ1) is 11.9. The molecule has 0 heterocycles. The summed E-state index contributed by atoms with van der Waals surface area (Å²) in [6.45, 7) is 0.677. The molecule has 0 aromatic rings. The van der Waals surface area contributed by atoms with Crippen molar-refractivity contribution in [2.45, 2.75) is 57.5 Å². The van der Waals surface area contributed by atoms with Gasteiger partial charge in [-0.3, -0.25) is 4.79 Å². The van der Waals surface area contributed by atoms with Gasteiger partial charge in [-0.25, -0.2) is 0 Å². The first-order valence-corrected chi connectivity index (χ1v) is 6.73. The minimum Gasteiger partial charge on any atom is -0.393 e. The first-order chi connectivity index (χ1) is 7.77. The molecule has 2 atom stereocenters. The van der Waals surface area contributed by atoms with Crippen LogP contribution in [0.1, 0.15) is 51.4 Å². The van der Waals surface area contributed by atoms with E-state index in [0.29, 0.717) is 12.5 Å². The Bertz CT molecular complexity index is 236. The van der Waals surface area contributed by atoms with E-state index < -0.39 is 0 Å². The average Bonchev–Trinajstić information content (AvgIpc) is 2.73. The number of carbonyl (C=O) groups is 1. The largest absolute Gasteiger partial charge is 0.393 e. The van der Waals surface area contributed by atoms with Crippen molar-refractivity contribution in [3.63, 3.8) is 0 Å². The minimum atomic E-state index is -0.188. The Balaban J connectivity index is 1.70. The van der Waals surface area contributed by atoms with Crippen molar-refractivity contribution in [2.75, 3.05) is 6.54 Å². The molecule has 2 N–H and O–H groups in total. The maximum Gasteiger partial charge on any atom is 0.223 e. The zero-order valence-corrected chi connectivity index (χ0v) is 9.95. The summed E-state index contributed by atoms with van der Waals surface area (Å²) >= 11 is 0. The van der Waals surface area contributed by atoms with Crippen LogP contribution in [0.5, 0.6) is 0 Å². The molecule has 2 unspecified atom stereocenters. The van der Waals surface area contributed by atoms with E-state index in [1.165, 1.54) is 19.3 Å². The first-order valence-electron chi connectivity index (χ1n) is 6.73. The van der Waals surface area contributed by atoms with E-state index in [4.69, 9.17) is 0 Å². The Morgan fingerprint density at radius 2 is 1.81 bits per heavy atom.